The molecule has 0 aliphatic rings. The minimum atomic E-state index is -0.836. The third kappa shape index (κ3) is 2.43. The van der Waals surface area contributed by atoms with E-state index in [2.05, 4.69) is 4.98 Å². The van der Waals surface area contributed by atoms with Crippen LogP contribution in [-0.4, -0.2) is 16.1 Å². The molecule has 1 atom stereocenters. The van der Waals surface area contributed by atoms with Gasteiger partial charge in [0.1, 0.15) is 0 Å². The zero-order chi connectivity index (χ0) is 12.4. The van der Waals surface area contributed by atoms with E-state index in [9.17, 15) is 4.79 Å². The first-order valence-corrected chi connectivity index (χ1v) is 5.70. The van der Waals surface area contributed by atoms with E-state index in [0.29, 0.717) is 11.4 Å². The number of fused-ring (bicyclic) bond motifs is 1. The molecule has 90 valence electrons. The van der Waals surface area contributed by atoms with Crippen molar-refractivity contribution in [2.24, 2.45) is 5.73 Å². The molecule has 0 bridgehead atoms. The second-order valence-corrected chi connectivity index (χ2v) is 4.35. The van der Waals surface area contributed by atoms with E-state index in [4.69, 9.17) is 22.4 Å². The first-order chi connectivity index (χ1) is 8.09. The smallest absolute Gasteiger partial charge is 0.303 e. The van der Waals surface area contributed by atoms with Crippen molar-refractivity contribution in [1.29, 1.82) is 0 Å². The zero-order valence-electron chi connectivity index (χ0n) is 9.11. The number of H-pyrrole nitrogens is 1. The van der Waals surface area contributed by atoms with Crippen LogP contribution in [0, 0.1) is 0 Å². The summed E-state index contributed by atoms with van der Waals surface area (Å²) in [7, 11) is 0. The fraction of sp³-hybridized carbons (Fsp3) is 0.250. The van der Waals surface area contributed by atoms with Crippen molar-refractivity contribution in [1.82, 2.24) is 4.98 Å². The van der Waals surface area contributed by atoms with Gasteiger partial charge >= 0.3 is 5.97 Å². The maximum Gasteiger partial charge on any atom is 0.303 e. The molecule has 0 saturated carbocycles. The summed E-state index contributed by atoms with van der Waals surface area (Å²) in [6, 6.07) is 5.37. The number of aliphatic carboxylic acids is 1. The molecular weight excluding hydrogens is 240 g/mol. The van der Waals surface area contributed by atoms with Crippen LogP contribution < -0.4 is 5.73 Å². The maximum atomic E-state index is 10.5. The lowest BCUT2D eigenvalue weighted by molar-refractivity contribution is -0.137. The van der Waals surface area contributed by atoms with Crippen molar-refractivity contribution in [2.45, 2.75) is 18.9 Å². The van der Waals surface area contributed by atoms with Crippen LogP contribution >= 0.6 is 11.6 Å². The predicted molar refractivity (Wildman–Crippen MR) is 67.1 cm³/mol. The van der Waals surface area contributed by atoms with E-state index >= 15 is 0 Å². The third-order valence-corrected chi connectivity index (χ3v) is 3.08. The van der Waals surface area contributed by atoms with Gasteiger partial charge in [0.05, 0.1) is 10.5 Å². The lowest BCUT2D eigenvalue weighted by Crippen LogP contribution is -2.12. The van der Waals surface area contributed by atoms with Crippen molar-refractivity contribution in [3.8, 4) is 0 Å². The standard InChI is InChI=1S/C12H13ClN2O2/c13-9-6-15-12-7(9)2-1-3-8(12)10(14)4-5-11(16)17/h1-3,6,10,15H,4-5,14H2,(H,16,17). The minimum Gasteiger partial charge on any atom is -0.481 e. The Morgan fingerprint density at radius 3 is 3.00 bits per heavy atom. The minimum absolute atomic E-state index is 0.0615. The molecule has 1 unspecified atom stereocenters. The van der Waals surface area contributed by atoms with Crippen molar-refractivity contribution >= 4 is 28.5 Å². The first-order valence-electron chi connectivity index (χ1n) is 5.32. The summed E-state index contributed by atoms with van der Waals surface area (Å²) < 4.78 is 0. The summed E-state index contributed by atoms with van der Waals surface area (Å²) in [5.74, 6) is -0.836. The van der Waals surface area contributed by atoms with E-state index in [1.807, 2.05) is 18.2 Å². The van der Waals surface area contributed by atoms with E-state index in [1.165, 1.54) is 0 Å². The number of carboxylic acids is 1. The van der Waals surface area contributed by atoms with Gasteiger partial charge in [-0.15, -0.1) is 0 Å². The highest BCUT2D eigenvalue weighted by atomic mass is 35.5. The van der Waals surface area contributed by atoms with E-state index in [1.54, 1.807) is 6.20 Å². The number of nitrogens with two attached hydrogens (primary N) is 1. The van der Waals surface area contributed by atoms with Crippen molar-refractivity contribution in [3.63, 3.8) is 0 Å². The second-order valence-electron chi connectivity index (χ2n) is 3.95. The van der Waals surface area contributed by atoms with Crippen molar-refractivity contribution in [3.05, 3.63) is 35.0 Å². The van der Waals surface area contributed by atoms with Crippen LogP contribution in [0.3, 0.4) is 0 Å². The number of hydrogen-bond donors (Lipinski definition) is 3. The van der Waals surface area contributed by atoms with Gasteiger partial charge in [0, 0.05) is 24.0 Å². The van der Waals surface area contributed by atoms with Gasteiger partial charge in [0.2, 0.25) is 0 Å². The van der Waals surface area contributed by atoms with Crippen LogP contribution in [0.2, 0.25) is 5.02 Å². The maximum absolute atomic E-state index is 10.5. The highest BCUT2D eigenvalue weighted by Crippen LogP contribution is 2.29. The lowest BCUT2D eigenvalue weighted by Gasteiger charge is -2.11. The molecule has 17 heavy (non-hydrogen) atoms. The number of halogens is 1. The Kier molecular flexibility index (Phi) is 3.36. The lowest BCUT2D eigenvalue weighted by atomic mass is 10.0. The van der Waals surface area contributed by atoms with Crippen LogP contribution in [0.15, 0.2) is 24.4 Å². The van der Waals surface area contributed by atoms with E-state index < -0.39 is 5.97 Å². The fourth-order valence-corrected chi connectivity index (χ4v) is 2.10. The molecule has 0 radical (unpaired) electrons. The highest BCUT2D eigenvalue weighted by molar-refractivity contribution is 6.35. The molecule has 0 spiro atoms. The molecule has 4 nitrogen and oxygen atoms in total. The molecule has 0 aliphatic carbocycles. The Hall–Kier alpha value is -1.52. The molecule has 4 N–H and O–H groups in total. The van der Waals surface area contributed by atoms with Gasteiger partial charge in [-0.1, -0.05) is 29.8 Å². The topological polar surface area (TPSA) is 79.1 Å². The highest BCUT2D eigenvalue weighted by Gasteiger charge is 2.13. The summed E-state index contributed by atoms with van der Waals surface area (Å²) in [6.07, 6.45) is 2.18. The molecule has 1 heterocycles. The van der Waals surface area contributed by atoms with Gasteiger partial charge in [-0.3, -0.25) is 4.79 Å². The molecule has 2 rings (SSSR count). The summed E-state index contributed by atoms with van der Waals surface area (Å²) >= 11 is 6.01. The Labute approximate surface area is 103 Å². The van der Waals surface area contributed by atoms with Gasteiger partial charge in [0.15, 0.2) is 0 Å². The van der Waals surface area contributed by atoms with Crippen molar-refractivity contribution in [2.75, 3.05) is 0 Å². The van der Waals surface area contributed by atoms with E-state index in [0.717, 1.165) is 16.5 Å². The number of nitrogens with one attached hydrogen (secondary N) is 1. The Bertz CT molecular complexity index is 550. The van der Waals surface area contributed by atoms with Crippen LogP contribution in [0.4, 0.5) is 0 Å². The normalized spacial score (nSPS) is 12.8. The van der Waals surface area contributed by atoms with Gasteiger partial charge in [-0.25, -0.2) is 0 Å². The number of hydrogen-bond acceptors (Lipinski definition) is 2. The van der Waals surface area contributed by atoms with Crippen LogP contribution in [0.1, 0.15) is 24.4 Å². The molecule has 0 saturated heterocycles. The molecule has 0 amide bonds. The molecule has 0 aliphatic heterocycles. The zero-order valence-corrected chi connectivity index (χ0v) is 9.87. The van der Waals surface area contributed by atoms with Crippen LogP contribution in [0.25, 0.3) is 10.9 Å². The Morgan fingerprint density at radius 2 is 2.29 bits per heavy atom. The molecular formula is C12H13ClN2O2. The van der Waals surface area contributed by atoms with Crippen LogP contribution in [-0.2, 0) is 4.79 Å². The third-order valence-electron chi connectivity index (χ3n) is 2.77. The van der Waals surface area contributed by atoms with Gasteiger partial charge < -0.3 is 15.8 Å². The Morgan fingerprint density at radius 1 is 1.53 bits per heavy atom. The van der Waals surface area contributed by atoms with Crippen LogP contribution in [0.5, 0.6) is 0 Å². The largest absolute Gasteiger partial charge is 0.481 e. The monoisotopic (exact) mass is 252 g/mol. The average molecular weight is 253 g/mol. The summed E-state index contributed by atoms with van der Waals surface area (Å²) in [5.41, 5.74) is 7.78. The number of aromatic amines is 1. The average Bonchev–Trinajstić information content (AvgIpc) is 2.68. The number of carbonyl (C=O) groups is 1. The second kappa shape index (κ2) is 4.77. The van der Waals surface area contributed by atoms with Gasteiger partial charge in [0.25, 0.3) is 0 Å². The number of carboxylic acid groups (broad SMARTS) is 1. The Balaban J connectivity index is 2.31. The summed E-state index contributed by atoms with van der Waals surface area (Å²) in [6.45, 7) is 0. The van der Waals surface area contributed by atoms with Gasteiger partial charge in [-0.05, 0) is 12.0 Å². The molecule has 0 fully saturated rings. The summed E-state index contributed by atoms with van der Waals surface area (Å²) in [5, 5.41) is 10.2. The molecule has 1 aromatic heterocycles. The SMILES string of the molecule is NC(CCC(=O)O)c1cccc2c(Cl)c[nH]c12. The number of benzene rings is 1. The van der Waals surface area contributed by atoms with Gasteiger partial charge in [-0.2, -0.15) is 0 Å². The fourth-order valence-electron chi connectivity index (χ4n) is 1.89. The molecule has 5 heteroatoms. The van der Waals surface area contributed by atoms with Crippen molar-refractivity contribution < 1.29 is 9.90 Å². The van der Waals surface area contributed by atoms with E-state index in [-0.39, 0.29) is 12.5 Å². The molecule has 2 aromatic rings. The predicted octanol–water partition coefficient (Wildman–Crippen LogP) is 2.69. The quantitative estimate of drug-likeness (QED) is 0.783. The summed E-state index contributed by atoms with van der Waals surface area (Å²) in [4.78, 5) is 13.6. The first kappa shape index (κ1) is 12.0. The molecule has 1 aromatic carbocycles. The number of aromatic nitrogens is 1. The number of para-hydroxylation sites is 1. The number of rotatable bonds is 4.